The minimum Gasteiger partial charge on any atom is -0.496 e. The number of carboxylic acids is 1. The molecule has 0 spiro atoms. The largest absolute Gasteiger partial charge is 0.496 e. The summed E-state index contributed by atoms with van der Waals surface area (Å²) in [6, 6.07) is 0. The van der Waals surface area contributed by atoms with Crippen LogP contribution < -0.4 is 15.8 Å². The van der Waals surface area contributed by atoms with E-state index in [-0.39, 0.29) is 18.3 Å². The molecule has 1 atom stereocenters. The molecule has 5 heterocycles. The Labute approximate surface area is 213 Å². The molecule has 1 aliphatic rings. The van der Waals surface area contributed by atoms with Crippen LogP contribution in [-0.2, 0) is 29.0 Å². The monoisotopic (exact) mass is 526 g/mol. The van der Waals surface area contributed by atoms with Crippen molar-refractivity contribution in [3.05, 3.63) is 39.8 Å². The molecule has 4 aromatic heterocycles. The van der Waals surface area contributed by atoms with E-state index < -0.39 is 11.2 Å². The summed E-state index contributed by atoms with van der Waals surface area (Å²) in [7, 11) is 1.63. The van der Waals surface area contributed by atoms with E-state index in [1.165, 1.54) is 23.1 Å². The van der Waals surface area contributed by atoms with E-state index in [0.29, 0.717) is 40.2 Å². The highest BCUT2D eigenvalue weighted by Gasteiger charge is 2.32. The number of nitrogens with two attached hydrogens (primary N) is 1. The number of thiazole rings is 1. The van der Waals surface area contributed by atoms with Crippen molar-refractivity contribution in [1.82, 2.24) is 29.7 Å². The van der Waals surface area contributed by atoms with Crippen molar-refractivity contribution in [1.29, 1.82) is 0 Å². The number of carbonyl (C=O) groups is 2. The number of pyridine rings is 1. The number of nitrogens with one attached hydrogen (secondary N) is 1. The quantitative estimate of drug-likeness (QED) is 0.302. The molecule has 4 aromatic rings. The summed E-state index contributed by atoms with van der Waals surface area (Å²) in [5.41, 5.74) is 10.3. The lowest BCUT2D eigenvalue weighted by Gasteiger charge is -2.19. The number of anilines is 2. The molecule has 0 aromatic carbocycles. The van der Waals surface area contributed by atoms with Gasteiger partial charge in [0.05, 0.1) is 47.8 Å². The van der Waals surface area contributed by atoms with Crippen LogP contribution in [0.5, 0.6) is 5.75 Å². The predicted molar refractivity (Wildman–Crippen MR) is 135 cm³/mol. The van der Waals surface area contributed by atoms with E-state index in [4.69, 9.17) is 20.7 Å². The average Bonchev–Trinajstić information content (AvgIpc) is 3.39. The lowest BCUT2D eigenvalue weighted by atomic mass is 10.1. The first-order valence-electron chi connectivity index (χ1n) is 10.9. The number of carbonyl (C=O) groups excluding carboxylic acids is 1. The third-order valence-electron chi connectivity index (χ3n) is 5.74. The minimum atomic E-state index is -0.982. The highest BCUT2D eigenvalue weighted by molar-refractivity contribution is 8.00. The van der Waals surface area contributed by atoms with Crippen LogP contribution in [0.4, 0.5) is 11.1 Å². The number of aliphatic carboxylic acids is 1. The van der Waals surface area contributed by atoms with Gasteiger partial charge in [-0.15, -0.1) is 11.3 Å². The fourth-order valence-electron chi connectivity index (χ4n) is 4.12. The second kappa shape index (κ2) is 9.35. The molecule has 12 nitrogen and oxygen atoms in total. The summed E-state index contributed by atoms with van der Waals surface area (Å²) in [4.78, 5) is 41.5. The third kappa shape index (κ3) is 4.44. The van der Waals surface area contributed by atoms with E-state index >= 15 is 0 Å². The van der Waals surface area contributed by atoms with Crippen LogP contribution in [-0.4, -0.2) is 59.1 Å². The molecule has 14 heteroatoms. The Morgan fingerprint density at radius 3 is 2.86 bits per heavy atom. The van der Waals surface area contributed by atoms with Gasteiger partial charge >= 0.3 is 5.97 Å². The first-order chi connectivity index (χ1) is 17.2. The van der Waals surface area contributed by atoms with E-state index in [1.807, 2.05) is 13.8 Å². The van der Waals surface area contributed by atoms with Crippen molar-refractivity contribution in [3.8, 4) is 5.75 Å². The second-order valence-corrected chi connectivity index (χ2v) is 10.3. The third-order valence-corrected chi connectivity index (χ3v) is 7.73. The fourth-order valence-corrected chi connectivity index (χ4v) is 5.99. The van der Waals surface area contributed by atoms with Crippen LogP contribution in [0.2, 0.25) is 0 Å². The van der Waals surface area contributed by atoms with Gasteiger partial charge in [-0.3, -0.25) is 14.6 Å². The molecule has 186 valence electrons. The van der Waals surface area contributed by atoms with Crippen LogP contribution in [0.15, 0.2) is 16.6 Å². The molecule has 0 bridgehead atoms. The standard InChI is InChI=1S/C22H22N8O4S2/c1-9-6-24-13(10(2)17(9)34-3)7-30-18-16-12(29-30)5-14(36-20(16)28-21(23)26-18)19(33)27-22-25-11(8-35-22)4-15(31)32/h6,8,14H,4-5,7H2,1-3H3,(H,31,32)(H2,23,26,28)(H,25,27,33). The zero-order chi connectivity index (χ0) is 25.6. The average molecular weight is 527 g/mol. The highest BCUT2D eigenvalue weighted by atomic mass is 32.2. The Bertz CT molecular complexity index is 1520. The Morgan fingerprint density at radius 2 is 2.11 bits per heavy atom. The van der Waals surface area contributed by atoms with Gasteiger partial charge in [0.2, 0.25) is 11.9 Å². The van der Waals surface area contributed by atoms with Crippen LogP contribution >= 0.6 is 23.1 Å². The summed E-state index contributed by atoms with van der Waals surface area (Å²) in [6.45, 7) is 4.24. The maximum absolute atomic E-state index is 13.0. The molecule has 1 amide bonds. The molecular weight excluding hydrogens is 504 g/mol. The number of ether oxygens (including phenoxy) is 1. The summed E-state index contributed by atoms with van der Waals surface area (Å²) in [5.74, 6) is -0.397. The van der Waals surface area contributed by atoms with Gasteiger partial charge in [-0.05, 0) is 13.8 Å². The lowest BCUT2D eigenvalue weighted by Crippen LogP contribution is -2.29. The maximum atomic E-state index is 13.0. The molecule has 1 aliphatic heterocycles. The number of methoxy groups -OCH3 is 1. The van der Waals surface area contributed by atoms with E-state index in [1.54, 1.807) is 23.4 Å². The molecule has 5 rings (SSSR count). The minimum absolute atomic E-state index is 0.0863. The zero-order valence-corrected chi connectivity index (χ0v) is 21.2. The number of rotatable bonds is 7. The van der Waals surface area contributed by atoms with Gasteiger partial charge in [0.25, 0.3) is 0 Å². The Kier molecular flexibility index (Phi) is 6.22. The number of carboxylic acid groups (broad SMARTS) is 1. The number of amides is 1. The first kappa shape index (κ1) is 23.9. The SMILES string of the molecule is COc1c(C)cnc(Cn2nc3c4c(nc(N)nc42)SC(C(=O)Nc2nc(CC(=O)O)cs2)C3)c1C. The summed E-state index contributed by atoms with van der Waals surface area (Å²) < 4.78 is 7.26. The van der Waals surface area contributed by atoms with Gasteiger partial charge in [0, 0.05) is 29.1 Å². The topological polar surface area (TPSA) is 171 Å². The molecule has 4 N–H and O–H groups in total. The number of nitrogens with zero attached hydrogens (tertiary/aromatic N) is 6. The molecule has 0 radical (unpaired) electrons. The van der Waals surface area contributed by atoms with Crippen molar-refractivity contribution in [2.24, 2.45) is 0 Å². The van der Waals surface area contributed by atoms with Crippen LogP contribution in [0.1, 0.15) is 28.2 Å². The van der Waals surface area contributed by atoms with Gasteiger partial charge in [0.15, 0.2) is 10.8 Å². The van der Waals surface area contributed by atoms with Crippen molar-refractivity contribution < 1.29 is 19.4 Å². The Morgan fingerprint density at radius 1 is 1.31 bits per heavy atom. The second-order valence-electron chi connectivity index (χ2n) is 8.25. The van der Waals surface area contributed by atoms with Gasteiger partial charge < -0.3 is 20.9 Å². The summed E-state index contributed by atoms with van der Waals surface area (Å²) in [5, 5.41) is 19.3. The van der Waals surface area contributed by atoms with Crippen molar-refractivity contribution in [2.75, 3.05) is 18.2 Å². The number of aromatic nitrogens is 6. The van der Waals surface area contributed by atoms with Gasteiger partial charge in [-0.2, -0.15) is 10.1 Å². The normalized spacial score (nSPS) is 14.7. The first-order valence-corrected chi connectivity index (χ1v) is 12.6. The maximum Gasteiger partial charge on any atom is 0.309 e. The van der Waals surface area contributed by atoms with Gasteiger partial charge in [-0.1, -0.05) is 11.8 Å². The van der Waals surface area contributed by atoms with Gasteiger partial charge in [0.1, 0.15) is 10.8 Å². The number of hydrogen-bond donors (Lipinski definition) is 3. The summed E-state index contributed by atoms with van der Waals surface area (Å²) in [6.07, 6.45) is 1.92. The number of hydrogen-bond acceptors (Lipinski definition) is 11. The number of aryl methyl sites for hydroxylation is 1. The van der Waals surface area contributed by atoms with E-state index in [0.717, 1.165) is 28.0 Å². The molecule has 0 saturated carbocycles. The predicted octanol–water partition coefficient (Wildman–Crippen LogP) is 2.22. The Balaban J connectivity index is 1.42. The van der Waals surface area contributed by atoms with Crippen molar-refractivity contribution >= 4 is 57.1 Å². The van der Waals surface area contributed by atoms with Crippen molar-refractivity contribution in [3.63, 3.8) is 0 Å². The molecular formula is C22H22N8O4S2. The Hall–Kier alpha value is -3.78. The van der Waals surface area contributed by atoms with E-state index in [9.17, 15) is 9.59 Å². The van der Waals surface area contributed by atoms with Crippen LogP contribution in [0.25, 0.3) is 11.0 Å². The summed E-state index contributed by atoms with van der Waals surface area (Å²) >= 11 is 2.47. The fraction of sp³-hybridized carbons (Fsp3) is 0.318. The van der Waals surface area contributed by atoms with E-state index in [2.05, 4.69) is 25.3 Å². The van der Waals surface area contributed by atoms with Crippen molar-refractivity contribution in [2.45, 2.75) is 43.5 Å². The van der Waals surface area contributed by atoms with Crippen LogP contribution in [0.3, 0.4) is 0 Å². The highest BCUT2D eigenvalue weighted by Crippen LogP contribution is 2.39. The molecule has 0 aliphatic carbocycles. The van der Waals surface area contributed by atoms with Crippen LogP contribution in [0, 0.1) is 13.8 Å². The number of thioether (sulfide) groups is 1. The number of nitrogen functional groups attached to an aromatic ring is 1. The molecule has 0 saturated heterocycles. The molecule has 1 unspecified atom stereocenters. The molecule has 0 fully saturated rings. The van der Waals surface area contributed by atoms with Gasteiger partial charge in [-0.25, -0.2) is 14.6 Å². The zero-order valence-electron chi connectivity index (χ0n) is 19.6. The lowest BCUT2D eigenvalue weighted by molar-refractivity contribution is -0.136. The molecule has 36 heavy (non-hydrogen) atoms. The smallest absolute Gasteiger partial charge is 0.309 e.